The maximum Gasteiger partial charge on any atom is 0.329 e. The highest BCUT2D eigenvalue weighted by atomic mass is 16.5. The Hall–Kier alpha value is -2.60. The lowest BCUT2D eigenvalue weighted by Crippen LogP contribution is -2.47. The molecule has 1 aliphatic rings. The summed E-state index contributed by atoms with van der Waals surface area (Å²) in [5.74, 6) is 2.44. The summed E-state index contributed by atoms with van der Waals surface area (Å²) < 4.78 is 15.1. The van der Waals surface area contributed by atoms with Gasteiger partial charge in [0.1, 0.15) is 12.0 Å². The van der Waals surface area contributed by atoms with Gasteiger partial charge in [0.2, 0.25) is 5.91 Å². The third-order valence-corrected chi connectivity index (χ3v) is 6.62. The Balaban J connectivity index is 2.82. The Morgan fingerprint density at radius 1 is 0.946 bits per heavy atom. The lowest BCUT2D eigenvalue weighted by molar-refractivity contribution is -0.155. The number of amides is 1. The van der Waals surface area contributed by atoms with Gasteiger partial charge in [0, 0.05) is 19.3 Å². The molecule has 3 unspecified atom stereocenters. The second kappa shape index (κ2) is 17.8. The van der Waals surface area contributed by atoms with E-state index in [0.717, 1.165) is 32.1 Å². The van der Waals surface area contributed by atoms with Gasteiger partial charge in [-0.3, -0.25) is 14.4 Å². The normalized spacial score (nSPS) is 16.8. The lowest BCUT2D eigenvalue weighted by Gasteiger charge is -2.36. The molecule has 0 saturated heterocycles. The summed E-state index contributed by atoms with van der Waals surface area (Å²) in [6.07, 6.45) is 6.71. The molecule has 0 spiro atoms. The number of rotatable bonds is 15. The van der Waals surface area contributed by atoms with E-state index in [9.17, 15) is 24.3 Å². The van der Waals surface area contributed by atoms with Crippen LogP contribution in [0.5, 0.6) is 0 Å². The van der Waals surface area contributed by atoms with E-state index in [-0.39, 0.29) is 50.8 Å². The van der Waals surface area contributed by atoms with E-state index < -0.39 is 35.4 Å². The predicted molar refractivity (Wildman–Crippen MR) is 138 cm³/mol. The molecule has 0 aromatic rings. The van der Waals surface area contributed by atoms with Gasteiger partial charge >= 0.3 is 17.9 Å². The third-order valence-electron chi connectivity index (χ3n) is 6.62. The minimum absolute atomic E-state index is 0.000680. The smallest absolute Gasteiger partial charge is 0.329 e. The topological polar surface area (TPSA) is 128 Å². The quantitative estimate of drug-likeness (QED) is 0.110. The molecule has 1 amide bonds. The Bertz CT molecular complexity index is 792. The standard InChI is InChI=1S/C28H45NO8/c1-5-35-24(30)18-14-9-8-13-17-23(27(33)37-7-3)29-25(31)22(26(32)36-6-2)19-20-28(4,34)21-15-11-10-12-16-21/h21-23,34H,5-7,9-12,14-20H2,1-4H3,(H,29,31). The molecule has 1 aliphatic carbocycles. The minimum Gasteiger partial charge on any atom is -0.466 e. The molecule has 1 rings (SSSR count). The highest BCUT2D eigenvalue weighted by molar-refractivity contribution is 5.99. The van der Waals surface area contributed by atoms with Crippen LogP contribution in [0.1, 0.15) is 98.3 Å². The zero-order valence-corrected chi connectivity index (χ0v) is 22.9. The number of esters is 3. The molecular weight excluding hydrogens is 478 g/mol. The van der Waals surface area contributed by atoms with Gasteiger partial charge in [0.15, 0.2) is 0 Å². The average molecular weight is 524 g/mol. The molecule has 1 fully saturated rings. The molecular formula is C28H45NO8. The molecule has 0 aliphatic heterocycles. The highest BCUT2D eigenvalue weighted by Gasteiger charge is 2.37. The fraction of sp³-hybridized carbons (Fsp3) is 0.786. The first kappa shape index (κ1) is 32.4. The van der Waals surface area contributed by atoms with Crippen LogP contribution in [0, 0.1) is 23.7 Å². The van der Waals surface area contributed by atoms with Crippen molar-refractivity contribution in [1.82, 2.24) is 5.32 Å². The van der Waals surface area contributed by atoms with Crippen LogP contribution in [-0.2, 0) is 33.4 Å². The van der Waals surface area contributed by atoms with Gasteiger partial charge in [-0.25, -0.2) is 4.79 Å². The Labute approximate surface area is 221 Å². The molecule has 9 heteroatoms. The van der Waals surface area contributed by atoms with Crippen LogP contribution in [0.3, 0.4) is 0 Å². The van der Waals surface area contributed by atoms with Crippen molar-refractivity contribution in [2.75, 3.05) is 19.8 Å². The van der Waals surface area contributed by atoms with Crippen molar-refractivity contribution >= 4 is 23.8 Å². The maximum absolute atomic E-state index is 13.1. The fourth-order valence-corrected chi connectivity index (χ4v) is 4.49. The Morgan fingerprint density at radius 3 is 2.19 bits per heavy atom. The largest absolute Gasteiger partial charge is 0.466 e. The second-order valence-corrected chi connectivity index (χ2v) is 9.56. The first-order chi connectivity index (χ1) is 17.7. The van der Waals surface area contributed by atoms with Crippen molar-refractivity contribution in [3.63, 3.8) is 0 Å². The Kier molecular flexibility index (Phi) is 15.6. The predicted octanol–water partition coefficient (Wildman–Crippen LogP) is 3.45. The maximum atomic E-state index is 13.1. The van der Waals surface area contributed by atoms with E-state index in [0.29, 0.717) is 19.4 Å². The Morgan fingerprint density at radius 2 is 1.57 bits per heavy atom. The van der Waals surface area contributed by atoms with Crippen LogP contribution in [0.4, 0.5) is 0 Å². The lowest BCUT2D eigenvalue weighted by atomic mass is 9.75. The molecule has 210 valence electrons. The molecule has 0 bridgehead atoms. The summed E-state index contributed by atoms with van der Waals surface area (Å²) in [7, 11) is 0. The monoisotopic (exact) mass is 523 g/mol. The highest BCUT2D eigenvalue weighted by Crippen LogP contribution is 2.36. The molecule has 3 atom stereocenters. The van der Waals surface area contributed by atoms with E-state index >= 15 is 0 Å². The zero-order chi connectivity index (χ0) is 27.7. The first-order valence-corrected chi connectivity index (χ1v) is 13.6. The van der Waals surface area contributed by atoms with Crippen molar-refractivity contribution in [3.05, 3.63) is 0 Å². The van der Waals surface area contributed by atoms with E-state index in [4.69, 9.17) is 14.2 Å². The van der Waals surface area contributed by atoms with Gasteiger partial charge in [-0.2, -0.15) is 0 Å². The van der Waals surface area contributed by atoms with Gasteiger partial charge in [-0.05, 0) is 65.7 Å². The number of hydrogen-bond acceptors (Lipinski definition) is 8. The minimum atomic E-state index is -1.16. The van der Waals surface area contributed by atoms with Crippen LogP contribution in [0.2, 0.25) is 0 Å². The summed E-state index contributed by atoms with van der Waals surface area (Å²) in [6.45, 7) is 7.40. The first-order valence-electron chi connectivity index (χ1n) is 13.6. The molecule has 0 heterocycles. The summed E-state index contributed by atoms with van der Waals surface area (Å²) in [4.78, 5) is 49.7. The molecule has 37 heavy (non-hydrogen) atoms. The van der Waals surface area contributed by atoms with Crippen molar-refractivity contribution in [3.8, 4) is 11.8 Å². The number of unbranched alkanes of at least 4 members (excludes halogenated alkanes) is 1. The second-order valence-electron chi connectivity index (χ2n) is 9.56. The number of carbonyl (C=O) groups is 4. The SMILES string of the molecule is CCOC(=O)CCCC#CCC(NC(=O)C(CCC(C)(O)C1CCCCC1)C(=O)OCC)C(=O)OCC. The molecule has 0 aromatic heterocycles. The van der Waals surface area contributed by atoms with Gasteiger partial charge in [-0.1, -0.05) is 19.3 Å². The molecule has 2 N–H and O–H groups in total. The van der Waals surface area contributed by atoms with E-state index in [2.05, 4.69) is 17.2 Å². The van der Waals surface area contributed by atoms with E-state index in [1.807, 2.05) is 0 Å². The van der Waals surface area contributed by atoms with E-state index in [1.54, 1.807) is 27.7 Å². The molecule has 0 radical (unpaired) electrons. The number of carbonyl (C=O) groups excluding carboxylic acids is 4. The number of aliphatic hydroxyl groups is 1. The van der Waals surface area contributed by atoms with Gasteiger partial charge < -0.3 is 24.6 Å². The number of nitrogens with one attached hydrogen (secondary N) is 1. The van der Waals surface area contributed by atoms with Gasteiger partial charge in [0.25, 0.3) is 0 Å². The number of hydrogen-bond donors (Lipinski definition) is 2. The van der Waals surface area contributed by atoms with Crippen LogP contribution >= 0.6 is 0 Å². The van der Waals surface area contributed by atoms with Crippen molar-refractivity contribution < 1.29 is 38.5 Å². The average Bonchev–Trinajstić information content (AvgIpc) is 2.86. The molecule has 0 aromatic carbocycles. The zero-order valence-electron chi connectivity index (χ0n) is 22.9. The van der Waals surface area contributed by atoms with Crippen LogP contribution in [0.25, 0.3) is 0 Å². The third kappa shape index (κ3) is 12.5. The van der Waals surface area contributed by atoms with Crippen LogP contribution in [-0.4, -0.2) is 60.4 Å². The summed E-state index contributed by atoms with van der Waals surface area (Å²) in [5.41, 5.74) is -0.999. The molecule has 9 nitrogen and oxygen atoms in total. The van der Waals surface area contributed by atoms with Crippen LogP contribution in [0.15, 0.2) is 0 Å². The van der Waals surface area contributed by atoms with Crippen molar-refractivity contribution in [2.24, 2.45) is 11.8 Å². The summed E-state index contributed by atoms with van der Waals surface area (Å²) in [6, 6.07) is -1.05. The number of ether oxygens (including phenoxy) is 3. The van der Waals surface area contributed by atoms with Crippen molar-refractivity contribution in [2.45, 2.75) is 110 Å². The van der Waals surface area contributed by atoms with Crippen LogP contribution < -0.4 is 5.32 Å². The summed E-state index contributed by atoms with van der Waals surface area (Å²) in [5, 5.41) is 13.7. The van der Waals surface area contributed by atoms with Gasteiger partial charge in [0.05, 0.1) is 25.4 Å². The van der Waals surface area contributed by atoms with Gasteiger partial charge in [-0.15, -0.1) is 11.8 Å². The van der Waals surface area contributed by atoms with E-state index in [1.165, 1.54) is 0 Å². The summed E-state index contributed by atoms with van der Waals surface area (Å²) >= 11 is 0. The van der Waals surface area contributed by atoms with Crippen molar-refractivity contribution in [1.29, 1.82) is 0 Å². The molecule has 1 saturated carbocycles. The fourth-order valence-electron chi connectivity index (χ4n) is 4.49.